The Hall–Kier alpha value is -0.820. The Morgan fingerprint density at radius 3 is 2.27 bits per heavy atom. The molecule has 1 heterocycles. The summed E-state index contributed by atoms with van der Waals surface area (Å²) < 4.78 is 0. The van der Waals surface area contributed by atoms with E-state index in [1.807, 2.05) is 19.9 Å². The van der Waals surface area contributed by atoms with Crippen LogP contribution in [-0.4, -0.2) is 13.1 Å². The van der Waals surface area contributed by atoms with Crippen LogP contribution in [0.1, 0.15) is 34.6 Å². The first kappa shape index (κ1) is 14.2. The van der Waals surface area contributed by atoms with Crippen LogP contribution in [0.3, 0.4) is 0 Å². The summed E-state index contributed by atoms with van der Waals surface area (Å²) in [5.41, 5.74) is 4.19. The summed E-state index contributed by atoms with van der Waals surface area (Å²) >= 11 is 0. The van der Waals surface area contributed by atoms with E-state index in [0.717, 1.165) is 13.1 Å². The van der Waals surface area contributed by atoms with Crippen LogP contribution < -0.4 is 5.32 Å². The molecule has 0 aromatic carbocycles. The molecule has 86 valence electrons. The molecule has 0 aromatic heterocycles. The Kier molecular flexibility index (Phi) is 7.06. The predicted molar refractivity (Wildman–Crippen MR) is 70.0 cm³/mol. The lowest BCUT2D eigenvalue weighted by Crippen LogP contribution is -2.08. The average Bonchev–Trinajstić information content (AvgIpc) is 2.68. The van der Waals surface area contributed by atoms with Crippen molar-refractivity contribution in [3.8, 4) is 0 Å². The molecule has 1 rings (SSSR count). The summed E-state index contributed by atoms with van der Waals surface area (Å²) in [6, 6.07) is 0. The molecule has 1 heteroatoms. The molecule has 1 aliphatic heterocycles. The smallest absolute Gasteiger partial charge is 0.0211 e. The van der Waals surface area contributed by atoms with Gasteiger partial charge in [0.1, 0.15) is 0 Å². The first-order chi connectivity index (χ1) is 7.15. The van der Waals surface area contributed by atoms with Gasteiger partial charge in [-0.1, -0.05) is 52.0 Å². The van der Waals surface area contributed by atoms with E-state index in [0.29, 0.717) is 5.92 Å². The molecule has 0 amide bonds. The molecular weight excluding hydrogens is 182 g/mol. The Bertz CT molecular complexity index is 257. The summed E-state index contributed by atoms with van der Waals surface area (Å²) in [4.78, 5) is 0. The molecule has 0 aliphatic carbocycles. The van der Waals surface area contributed by atoms with Crippen LogP contribution >= 0.6 is 0 Å². The number of rotatable bonds is 3. The Labute approximate surface area is 95.0 Å². The van der Waals surface area contributed by atoms with Crippen molar-refractivity contribution < 1.29 is 0 Å². The predicted octanol–water partition coefficient (Wildman–Crippen LogP) is 3.70. The molecule has 0 saturated heterocycles. The highest BCUT2D eigenvalue weighted by Crippen LogP contribution is 2.17. The third kappa shape index (κ3) is 4.48. The van der Waals surface area contributed by atoms with Gasteiger partial charge in [0.05, 0.1) is 0 Å². The fraction of sp³-hybridized carbons (Fsp3) is 0.571. The van der Waals surface area contributed by atoms with Crippen LogP contribution in [-0.2, 0) is 0 Å². The van der Waals surface area contributed by atoms with Gasteiger partial charge in [-0.05, 0) is 24.0 Å². The summed E-state index contributed by atoms with van der Waals surface area (Å²) in [7, 11) is 0. The van der Waals surface area contributed by atoms with Gasteiger partial charge in [-0.2, -0.15) is 0 Å². The minimum absolute atomic E-state index is 0.638. The van der Waals surface area contributed by atoms with E-state index in [1.54, 1.807) is 0 Å². The molecule has 1 aliphatic rings. The molecule has 0 bridgehead atoms. The molecule has 0 atom stereocenters. The van der Waals surface area contributed by atoms with Gasteiger partial charge in [0.2, 0.25) is 0 Å². The van der Waals surface area contributed by atoms with Crippen LogP contribution in [0, 0.1) is 5.92 Å². The van der Waals surface area contributed by atoms with Gasteiger partial charge < -0.3 is 5.32 Å². The minimum Gasteiger partial charge on any atom is -0.309 e. The summed E-state index contributed by atoms with van der Waals surface area (Å²) in [6.45, 7) is 16.4. The largest absolute Gasteiger partial charge is 0.309 e. The van der Waals surface area contributed by atoms with Gasteiger partial charge in [-0.25, -0.2) is 0 Å². The topological polar surface area (TPSA) is 12.0 Å². The van der Waals surface area contributed by atoms with Crippen molar-refractivity contribution in [3.63, 3.8) is 0 Å². The molecule has 0 radical (unpaired) electrons. The van der Waals surface area contributed by atoms with E-state index in [2.05, 4.69) is 38.7 Å². The third-order valence-corrected chi connectivity index (χ3v) is 2.60. The highest BCUT2D eigenvalue weighted by molar-refractivity contribution is 5.39. The minimum atomic E-state index is 0.638. The van der Waals surface area contributed by atoms with E-state index in [1.165, 1.54) is 16.7 Å². The fourth-order valence-electron chi connectivity index (χ4n) is 1.35. The molecule has 15 heavy (non-hydrogen) atoms. The second kappa shape index (κ2) is 7.47. The molecule has 0 unspecified atom stereocenters. The molecule has 0 saturated carbocycles. The van der Waals surface area contributed by atoms with E-state index in [4.69, 9.17) is 0 Å². The zero-order valence-electron chi connectivity index (χ0n) is 10.9. The quantitative estimate of drug-likeness (QED) is 0.744. The van der Waals surface area contributed by atoms with Crippen molar-refractivity contribution in [2.75, 3.05) is 13.1 Å². The van der Waals surface area contributed by atoms with E-state index in [9.17, 15) is 0 Å². The highest BCUT2D eigenvalue weighted by atomic mass is 14.9. The summed E-state index contributed by atoms with van der Waals surface area (Å²) in [6.07, 6.45) is 4.25. The molecular formula is C14H25N. The van der Waals surface area contributed by atoms with E-state index >= 15 is 0 Å². The van der Waals surface area contributed by atoms with Crippen LogP contribution in [0.5, 0.6) is 0 Å². The van der Waals surface area contributed by atoms with Crippen LogP contribution in [0.4, 0.5) is 0 Å². The van der Waals surface area contributed by atoms with Gasteiger partial charge in [0.25, 0.3) is 0 Å². The second-order valence-corrected chi connectivity index (χ2v) is 3.90. The Morgan fingerprint density at radius 2 is 1.80 bits per heavy atom. The zero-order valence-corrected chi connectivity index (χ0v) is 10.9. The molecule has 1 N–H and O–H groups in total. The van der Waals surface area contributed by atoms with Gasteiger partial charge in [-0.15, -0.1) is 0 Å². The van der Waals surface area contributed by atoms with Gasteiger partial charge >= 0.3 is 0 Å². The van der Waals surface area contributed by atoms with Crippen LogP contribution in [0.2, 0.25) is 0 Å². The normalized spacial score (nSPS) is 16.5. The molecule has 0 spiro atoms. The van der Waals surface area contributed by atoms with Crippen LogP contribution in [0.25, 0.3) is 0 Å². The first-order valence-electron chi connectivity index (χ1n) is 5.88. The van der Waals surface area contributed by atoms with Gasteiger partial charge in [0.15, 0.2) is 0 Å². The summed E-state index contributed by atoms with van der Waals surface area (Å²) in [5.74, 6) is 0.638. The van der Waals surface area contributed by atoms with Crippen LogP contribution in [0.15, 0.2) is 35.5 Å². The zero-order chi connectivity index (χ0) is 11.8. The maximum atomic E-state index is 3.82. The first-order valence-corrected chi connectivity index (χ1v) is 5.88. The lowest BCUT2D eigenvalue weighted by Gasteiger charge is -2.05. The lowest BCUT2D eigenvalue weighted by molar-refractivity contribution is 0.766. The molecule has 1 nitrogen and oxygen atoms in total. The number of allylic oxidation sites excluding steroid dienone is 1. The third-order valence-electron chi connectivity index (χ3n) is 2.60. The van der Waals surface area contributed by atoms with Crippen molar-refractivity contribution in [3.05, 3.63) is 35.5 Å². The fourth-order valence-corrected chi connectivity index (χ4v) is 1.35. The number of hydrogen-bond donors (Lipinski definition) is 1. The van der Waals surface area contributed by atoms with Crippen molar-refractivity contribution in [2.45, 2.75) is 34.6 Å². The van der Waals surface area contributed by atoms with Crippen molar-refractivity contribution in [1.82, 2.24) is 5.32 Å². The molecule has 0 fully saturated rings. The molecule has 0 aromatic rings. The maximum Gasteiger partial charge on any atom is 0.0211 e. The van der Waals surface area contributed by atoms with E-state index < -0.39 is 0 Å². The average molecular weight is 207 g/mol. The van der Waals surface area contributed by atoms with Crippen molar-refractivity contribution in [1.29, 1.82) is 0 Å². The maximum absolute atomic E-state index is 3.82. The lowest BCUT2D eigenvalue weighted by atomic mass is 10.0. The second-order valence-electron chi connectivity index (χ2n) is 3.90. The Balaban J connectivity index is 0.000000921. The number of hydrogen-bond acceptors (Lipinski definition) is 1. The van der Waals surface area contributed by atoms with Crippen molar-refractivity contribution >= 4 is 0 Å². The highest BCUT2D eigenvalue weighted by Gasteiger charge is 2.09. The van der Waals surface area contributed by atoms with Crippen molar-refractivity contribution in [2.24, 2.45) is 5.92 Å². The summed E-state index contributed by atoms with van der Waals surface area (Å²) in [5, 5.41) is 3.33. The standard InChI is InChI=1S/C12H19N.C2H6/c1-5-11-7-13-8-12(11)6-10(4)9(2)3;1-2/h5-6,9,13H,1,7-8H2,2-4H3;1-2H3/b10-6+;. The Morgan fingerprint density at radius 1 is 1.27 bits per heavy atom. The van der Waals surface area contributed by atoms with Gasteiger partial charge in [-0.3, -0.25) is 0 Å². The van der Waals surface area contributed by atoms with E-state index in [-0.39, 0.29) is 0 Å². The monoisotopic (exact) mass is 207 g/mol. The SMILES string of the molecule is C=CC1=C(/C=C(\C)C(C)C)CNC1.CC. The van der Waals surface area contributed by atoms with Gasteiger partial charge in [0, 0.05) is 13.1 Å². The number of nitrogens with one attached hydrogen (secondary N) is 1.